The third-order valence-electron chi connectivity index (χ3n) is 3.44. The van der Waals surface area contributed by atoms with Crippen molar-refractivity contribution in [3.05, 3.63) is 16.1 Å². The third-order valence-corrected chi connectivity index (χ3v) is 4.36. The molecule has 1 fully saturated rings. The summed E-state index contributed by atoms with van der Waals surface area (Å²) < 4.78 is 5.28. The number of aliphatic carboxylic acids is 1. The maximum atomic E-state index is 12.5. The van der Waals surface area contributed by atoms with Gasteiger partial charge in [-0.2, -0.15) is 0 Å². The zero-order valence-electron chi connectivity index (χ0n) is 12.1. The first-order chi connectivity index (χ1) is 9.99. The molecule has 1 saturated heterocycles. The van der Waals surface area contributed by atoms with Crippen LogP contribution in [0.4, 0.5) is 4.79 Å². The average Bonchev–Trinajstić information content (AvgIpc) is 2.83. The van der Waals surface area contributed by atoms with Crippen LogP contribution in [0.1, 0.15) is 17.0 Å². The molecule has 1 aliphatic rings. The number of carbonyl (C=O) groups excluding carboxylic acids is 1. The van der Waals surface area contributed by atoms with Crippen molar-refractivity contribution in [2.75, 3.05) is 26.8 Å². The summed E-state index contributed by atoms with van der Waals surface area (Å²) in [7, 11) is 1.72. The Bertz CT molecular complexity index is 519. The van der Waals surface area contributed by atoms with Crippen LogP contribution < -0.4 is 0 Å². The highest BCUT2D eigenvalue weighted by atomic mass is 32.1. The topological polar surface area (TPSA) is 83.0 Å². The monoisotopic (exact) mass is 313 g/mol. The minimum absolute atomic E-state index is 0.0981. The summed E-state index contributed by atoms with van der Waals surface area (Å²) in [5.41, 5.74) is 2.68. The lowest BCUT2D eigenvalue weighted by Crippen LogP contribution is -2.53. The molecule has 1 aliphatic heterocycles. The van der Waals surface area contributed by atoms with Crippen molar-refractivity contribution in [2.24, 2.45) is 0 Å². The van der Waals surface area contributed by atoms with Crippen molar-refractivity contribution in [1.82, 2.24) is 14.8 Å². The van der Waals surface area contributed by atoms with Gasteiger partial charge in [-0.3, -0.25) is 4.79 Å². The molecular weight excluding hydrogens is 294 g/mol. The van der Waals surface area contributed by atoms with Gasteiger partial charge in [0.25, 0.3) is 0 Å². The van der Waals surface area contributed by atoms with Gasteiger partial charge in [0.15, 0.2) is 0 Å². The second-order valence-electron chi connectivity index (χ2n) is 5.02. The van der Waals surface area contributed by atoms with E-state index in [9.17, 15) is 9.59 Å². The van der Waals surface area contributed by atoms with Gasteiger partial charge >= 0.3 is 12.0 Å². The Morgan fingerprint density at radius 2 is 2.38 bits per heavy atom. The van der Waals surface area contributed by atoms with Gasteiger partial charge in [0.2, 0.25) is 0 Å². The van der Waals surface area contributed by atoms with Crippen LogP contribution in [0.15, 0.2) is 5.51 Å². The van der Waals surface area contributed by atoms with E-state index in [4.69, 9.17) is 9.84 Å². The Morgan fingerprint density at radius 1 is 1.62 bits per heavy atom. The zero-order valence-corrected chi connectivity index (χ0v) is 12.9. The largest absolute Gasteiger partial charge is 0.481 e. The molecule has 1 atom stereocenters. The molecule has 0 aliphatic carbocycles. The van der Waals surface area contributed by atoms with E-state index in [0.29, 0.717) is 19.7 Å². The van der Waals surface area contributed by atoms with E-state index in [1.165, 1.54) is 11.3 Å². The summed E-state index contributed by atoms with van der Waals surface area (Å²) in [6.45, 7) is 3.52. The van der Waals surface area contributed by atoms with E-state index >= 15 is 0 Å². The number of amides is 2. The van der Waals surface area contributed by atoms with Gasteiger partial charge in [-0.25, -0.2) is 9.78 Å². The molecule has 2 heterocycles. The third kappa shape index (κ3) is 3.92. The first-order valence-electron chi connectivity index (χ1n) is 6.69. The molecule has 1 N–H and O–H groups in total. The second-order valence-corrected chi connectivity index (χ2v) is 5.96. The molecule has 0 radical (unpaired) electrons. The molecule has 0 saturated carbocycles. The maximum Gasteiger partial charge on any atom is 0.320 e. The summed E-state index contributed by atoms with van der Waals surface area (Å²) in [4.78, 5) is 31.8. The number of urea groups is 1. The number of ether oxygens (including phenoxy) is 1. The number of thiazole rings is 1. The molecule has 0 bridgehead atoms. The standard InChI is InChI=1S/C13H19N3O4S/c1-9-11(21-8-14-9)6-15(2)13(19)16-3-4-20-7-10(16)5-12(17)18/h8,10H,3-7H2,1-2H3,(H,17,18). The van der Waals surface area contributed by atoms with E-state index in [1.54, 1.807) is 22.4 Å². The van der Waals surface area contributed by atoms with Crippen molar-refractivity contribution in [3.8, 4) is 0 Å². The number of aryl methyl sites for hydroxylation is 1. The van der Waals surface area contributed by atoms with Gasteiger partial charge in [0.05, 0.1) is 43.4 Å². The van der Waals surface area contributed by atoms with Gasteiger partial charge in [-0.05, 0) is 6.92 Å². The lowest BCUT2D eigenvalue weighted by atomic mass is 10.1. The van der Waals surface area contributed by atoms with Gasteiger partial charge in [-0.1, -0.05) is 0 Å². The van der Waals surface area contributed by atoms with Gasteiger partial charge < -0.3 is 19.6 Å². The highest BCUT2D eigenvalue weighted by molar-refractivity contribution is 7.09. The number of aromatic nitrogens is 1. The Balaban J connectivity index is 2.02. The predicted octanol–water partition coefficient (Wildman–Crippen LogP) is 1.18. The average molecular weight is 313 g/mol. The smallest absolute Gasteiger partial charge is 0.320 e. The Kier molecular flexibility index (Phi) is 5.13. The van der Waals surface area contributed by atoms with Gasteiger partial charge in [0, 0.05) is 18.5 Å². The van der Waals surface area contributed by atoms with Crippen molar-refractivity contribution in [3.63, 3.8) is 0 Å². The van der Waals surface area contributed by atoms with Crippen LogP contribution in [0.5, 0.6) is 0 Å². The summed E-state index contributed by atoms with van der Waals surface area (Å²) in [5, 5.41) is 8.93. The van der Waals surface area contributed by atoms with E-state index in [2.05, 4.69) is 4.98 Å². The van der Waals surface area contributed by atoms with E-state index < -0.39 is 12.0 Å². The summed E-state index contributed by atoms with van der Waals surface area (Å²) in [6.07, 6.45) is -0.0981. The number of nitrogens with zero attached hydrogens (tertiary/aromatic N) is 3. The normalized spacial score (nSPS) is 18.6. The second kappa shape index (κ2) is 6.86. The lowest BCUT2D eigenvalue weighted by molar-refractivity contribution is -0.139. The quantitative estimate of drug-likeness (QED) is 0.902. The number of morpholine rings is 1. The number of hydrogen-bond acceptors (Lipinski definition) is 5. The minimum atomic E-state index is -0.927. The molecule has 21 heavy (non-hydrogen) atoms. The molecular formula is C13H19N3O4S. The summed E-state index contributed by atoms with van der Waals surface area (Å²) >= 11 is 1.51. The van der Waals surface area contributed by atoms with Crippen molar-refractivity contribution < 1.29 is 19.4 Å². The van der Waals surface area contributed by atoms with Gasteiger partial charge in [-0.15, -0.1) is 11.3 Å². The van der Waals surface area contributed by atoms with Crippen LogP contribution in [-0.2, 0) is 16.1 Å². The zero-order chi connectivity index (χ0) is 15.4. The molecule has 1 aromatic rings. The fourth-order valence-electron chi connectivity index (χ4n) is 2.26. The molecule has 7 nitrogen and oxygen atoms in total. The summed E-state index contributed by atoms with van der Waals surface area (Å²) in [5.74, 6) is -0.927. The molecule has 116 valence electrons. The number of carboxylic acids is 1. The minimum Gasteiger partial charge on any atom is -0.481 e. The predicted molar refractivity (Wildman–Crippen MR) is 77.3 cm³/mol. The van der Waals surface area contributed by atoms with Gasteiger partial charge in [0.1, 0.15) is 0 Å². The first-order valence-corrected chi connectivity index (χ1v) is 7.57. The van der Waals surface area contributed by atoms with Crippen LogP contribution >= 0.6 is 11.3 Å². The van der Waals surface area contributed by atoms with Crippen molar-refractivity contribution in [1.29, 1.82) is 0 Å². The molecule has 2 amide bonds. The highest BCUT2D eigenvalue weighted by Gasteiger charge is 2.31. The Labute approximate surface area is 127 Å². The van der Waals surface area contributed by atoms with E-state index in [0.717, 1.165) is 10.6 Å². The molecule has 8 heteroatoms. The maximum absolute atomic E-state index is 12.5. The van der Waals surface area contributed by atoms with E-state index in [-0.39, 0.29) is 19.1 Å². The van der Waals surface area contributed by atoms with Crippen molar-refractivity contribution >= 4 is 23.3 Å². The number of rotatable bonds is 4. The first kappa shape index (κ1) is 15.7. The number of carbonyl (C=O) groups is 2. The molecule has 1 unspecified atom stereocenters. The fourth-order valence-corrected chi connectivity index (χ4v) is 3.09. The summed E-state index contributed by atoms with van der Waals surface area (Å²) in [6, 6.07) is -0.578. The number of carboxylic acid groups (broad SMARTS) is 1. The SMILES string of the molecule is Cc1ncsc1CN(C)C(=O)N1CCOCC1CC(=O)O. The lowest BCUT2D eigenvalue weighted by Gasteiger charge is -2.37. The number of hydrogen-bond donors (Lipinski definition) is 1. The van der Waals surface area contributed by atoms with Crippen LogP contribution in [0.25, 0.3) is 0 Å². The fraction of sp³-hybridized carbons (Fsp3) is 0.615. The highest BCUT2D eigenvalue weighted by Crippen LogP contribution is 2.17. The molecule has 0 aromatic carbocycles. The molecule has 1 aromatic heterocycles. The van der Waals surface area contributed by atoms with Crippen LogP contribution in [0, 0.1) is 6.92 Å². The van der Waals surface area contributed by atoms with Crippen LogP contribution in [0.3, 0.4) is 0 Å². The molecule has 2 rings (SSSR count). The van der Waals surface area contributed by atoms with Crippen LogP contribution in [-0.4, -0.2) is 64.7 Å². The van der Waals surface area contributed by atoms with Crippen molar-refractivity contribution in [2.45, 2.75) is 25.9 Å². The molecule has 0 spiro atoms. The van der Waals surface area contributed by atoms with Crippen LogP contribution in [0.2, 0.25) is 0 Å². The Morgan fingerprint density at radius 3 is 3.00 bits per heavy atom. The Hall–Kier alpha value is -1.67. The van der Waals surface area contributed by atoms with E-state index in [1.807, 2.05) is 6.92 Å².